The van der Waals surface area contributed by atoms with E-state index in [9.17, 15) is 15.0 Å². The zero-order valence-corrected chi connectivity index (χ0v) is 14.8. The van der Waals surface area contributed by atoms with Gasteiger partial charge in [0.2, 0.25) is 5.91 Å². The molecule has 0 bridgehead atoms. The lowest BCUT2D eigenvalue weighted by molar-refractivity contribution is -0.121. The molecule has 132 valence electrons. The highest BCUT2D eigenvalue weighted by Crippen LogP contribution is 2.26. The molecule has 3 atom stereocenters. The van der Waals surface area contributed by atoms with Gasteiger partial charge in [-0.15, -0.1) is 0 Å². The second kappa shape index (κ2) is 8.10. The lowest BCUT2D eigenvalue weighted by Gasteiger charge is -2.13. The monoisotopic (exact) mass is 379 g/mol. The molecule has 25 heavy (non-hydrogen) atoms. The van der Waals surface area contributed by atoms with E-state index in [1.54, 1.807) is 36.4 Å². The van der Waals surface area contributed by atoms with Gasteiger partial charge in [-0.1, -0.05) is 47.6 Å². The average molecular weight is 380 g/mol. The van der Waals surface area contributed by atoms with Crippen LogP contribution in [0.1, 0.15) is 17.2 Å². The molecule has 1 amide bonds. The minimum atomic E-state index is -0.825. The van der Waals surface area contributed by atoms with E-state index in [0.29, 0.717) is 17.2 Å². The first-order chi connectivity index (χ1) is 12.0. The van der Waals surface area contributed by atoms with Gasteiger partial charge in [-0.05, 0) is 41.8 Å². The standard InChI is InChI=1S/C18H18ClNO4S/c19-13-5-3-12(4-6-13)15(21)10-24-14-7-1-11(2-8-14)9-16-17(22)20-18(23)25-16/h1-8,15-16,18,21,23H,9-10H2,(H,20,22). The summed E-state index contributed by atoms with van der Waals surface area (Å²) >= 11 is 7.04. The summed E-state index contributed by atoms with van der Waals surface area (Å²) in [7, 11) is 0. The van der Waals surface area contributed by atoms with Gasteiger partial charge in [0, 0.05) is 5.02 Å². The van der Waals surface area contributed by atoms with Crippen LogP contribution in [0.25, 0.3) is 0 Å². The van der Waals surface area contributed by atoms with Crippen molar-refractivity contribution in [3.63, 3.8) is 0 Å². The van der Waals surface area contributed by atoms with E-state index < -0.39 is 11.7 Å². The van der Waals surface area contributed by atoms with Gasteiger partial charge in [0.1, 0.15) is 18.5 Å². The van der Waals surface area contributed by atoms with E-state index in [1.807, 2.05) is 12.1 Å². The normalized spacial score (nSPS) is 21.0. The van der Waals surface area contributed by atoms with Crippen LogP contribution in [0.3, 0.4) is 0 Å². The second-order valence-corrected chi connectivity index (χ2v) is 7.44. The SMILES string of the molecule is O=C1NC(O)SC1Cc1ccc(OCC(O)c2ccc(Cl)cc2)cc1. The smallest absolute Gasteiger partial charge is 0.236 e. The molecule has 0 aliphatic carbocycles. The number of nitrogens with one attached hydrogen (secondary N) is 1. The number of thioether (sulfide) groups is 1. The van der Waals surface area contributed by atoms with Crippen LogP contribution >= 0.6 is 23.4 Å². The van der Waals surface area contributed by atoms with Gasteiger partial charge in [0.25, 0.3) is 0 Å². The van der Waals surface area contributed by atoms with Gasteiger partial charge in [-0.2, -0.15) is 0 Å². The van der Waals surface area contributed by atoms with Crippen LogP contribution in [0.5, 0.6) is 5.75 Å². The van der Waals surface area contributed by atoms with E-state index in [-0.39, 0.29) is 17.8 Å². The van der Waals surface area contributed by atoms with Crippen LogP contribution in [-0.4, -0.2) is 33.5 Å². The molecule has 0 saturated carbocycles. The van der Waals surface area contributed by atoms with Crippen LogP contribution < -0.4 is 10.1 Å². The minimum Gasteiger partial charge on any atom is -0.491 e. The summed E-state index contributed by atoms with van der Waals surface area (Å²) in [4.78, 5) is 11.6. The fraction of sp³-hybridized carbons (Fsp3) is 0.278. The summed E-state index contributed by atoms with van der Waals surface area (Å²) < 4.78 is 5.61. The Labute approximate surface area is 155 Å². The van der Waals surface area contributed by atoms with Crippen molar-refractivity contribution in [2.45, 2.75) is 23.3 Å². The summed E-state index contributed by atoms with van der Waals surface area (Å²) in [5.74, 6) is 0.490. The van der Waals surface area contributed by atoms with E-state index in [1.165, 1.54) is 11.8 Å². The van der Waals surface area contributed by atoms with Crippen LogP contribution in [0.2, 0.25) is 5.02 Å². The summed E-state index contributed by atoms with van der Waals surface area (Å²) in [6.07, 6.45) is -0.196. The number of benzene rings is 2. The maximum absolute atomic E-state index is 11.6. The molecule has 2 aromatic carbocycles. The van der Waals surface area contributed by atoms with Gasteiger partial charge in [0.05, 0.1) is 5.25 Å². The zero-order valence-electron chi connectivity index (χ0n) is 13.3. The number of hydrogen-bond acceptors (Lipinski definition) is 5. The third-order valence-electron chi connectivity index (χ3n) is 3.86. The minimum absolute atomic E-state index is 0.133. The van der Waals surface area contributed by atoms with Crippen molar-refractivity contribution >= 4 is 29.3 Å². The average Bonchev–Trinajstić information content (AvgIpc) is 2.92. The Kier molecular flexibility index (Phi) is 5.86. The fourth-order valence-electron chi connectivity index (χ4n) is 2.50. The van der Waals surface area contributed by atoms with Crippen molar-refractivity contribution in [1.82, 2.24) is 5.32 Å². The molecular weight excluding hydrogens is 362 g/mol. The summed E-state index contributed by atoms with van der Waals surface area (Å²) in [5.41, 5.74) is 0.894. The third kappa shape index (κ3) is 4.89. The molecule has 2 aromatic rings. The predicted octanol–water partition coefficient (Wildman–Crippen LogP) is 2.50. The van der Waals surface area contributed by atoms with Gasteiger partial charge < -0.3 is 20.3 Å². The van der Waals surface area contributed by atoms with Gasteiger partial charge >= 0.3 is 0 Å². The van der Waals surface area contributed by atoms with Crippen LogP contribution in [0.4, 0.5) is 0 Å². The molecule has 1 aliphatic rings. The summed E-state index contributed by atoms with van der Waals surface area (Å²) in [5, 5.41) is 22.3. The van der Waals surface area contributed by atoms with Gasteiger partial charge in [-0.25, -0.2) is 0 Å². The Morgan fingerprint density at radius 1 is 1.16 bits per heavy atom. The first kappa shape index (κ1) is 18.1. The Balaban J connectivity index is 1.52. The van der Waals surface area contributed by atoms with Crippen molar-refractivity contribution in [1.29, 1.82) is 0 Å². The number of amides is 1. The van der Waals surface area contributed by atoms with Crippen LogP contribution in [-0.2, 0) is 11.2 Å². The van der Waals surface area contributed by atoms with Crippen molar-refractivity contribution < 1.29 is 19.7 Å². The number of carbonyl (C=O) groups is 1. The van der Waals surface area contributed by atoms with Crippen molar-refractivity contribution in [2.24, 2.45) is 0 Å². The molecule has 3 rings (SSSR count). The number of hydrogen-bond donors (Lipinski definition) is 3. The maximum Gasteiger partial charge on any atom is 0.236 e. The molecule has 0 aromatic heterocycles. The maximum atomic E-state index is 11.6. The van der Waals surface area contributed by atoms with Crippen molar-refractivity contribution in [2.75, 3.05) is 6.61 Å². The van der Waals surface area contributed by atoms with Crippen molar-refractivity contribution in [3.05, 3.63) is 64.7 Å². The molecular formula is C18H18ClNO4S. The molecule has 7 heteroatoms. The first-order valence-corrected chi connectivity index (χ1v) is 9.12. The highest BCUT2D eigenvalue weighted by atomic mass is 35.5. The Morgan fingerprint density at radius 2 is 1.84 bits per heavy atom. The molecule has 0 spiro atoms. The number of aliphatic hydroxyl groups is 2. The summed E-state index contributed by atoms with van der Waals surface area (Å²) in [6.45, 7) is 0.133. The lowest BCUT2D eigenvalue weighted by Crippen LogP contribution is -2.27. The van der Waals surface area contributed by atoms with Gasteiger partial charge in [0.15, 0.2) is 5.56 Å². The predicted molar refractivity (Wildman–Crippen MR) is 97.6 cm³/mol. The zero-order chi connectivity index (χ0) is 17.8. The lowest BCUT2D eigenvalue weighted by atomic mass is 10.1. The Hall–Kier alpha value is -1.73. The summed E-state index contributed by atoms with van der Waals surface area (Å²) in [6, 6.07) is 14.3. The third-order valence-corrected chi connectivity index (χ3v) is 5.20. The Morgan fingerprint density at radius 3 is 2.44 bits per heavy atom. The highest BCUT2D eigenvalue weighted by Gasteiger charge is 2.31. The fourth-order valence-corrected chi connectivity index (χ4v) is 3.60. The molecule has 0 radical (unpaired) electrons. The number of ether oxygens (including phenoxy) is 1. The van der Waals surface area contributed by atoms with Gasteiger partial charge in [-0.3, -0.25) is 4.79 Å². The molecule has 1 aliphatic heterocycles. The molecule has 1 saturated heterocycles. The van der Waals surface area contributed by atoms with E-state index in [0.717, 1.165) is 11.1 Å². The van der Waals surface area contributed by atoms with E-state index >= 15 is 0 Å². The molecule has 3 unspecified atom stereocenters. The van der Waals surface area contributed by atoms with Crippen molar-refractivity contribution in [3.8, 4) is 5.75 Å². The molecule has 3 N–H and O–H groups in total. The number of aliphatic hydroxyl groups excluding tert-OH is 2. The number of rotatable bonds is 6. The largest absolute Gasteiger partial charge is 0.491 e. The first-order valence-electron chi connectivity index (χ1n) is 7.80. The molecule has 1 fully saturated rings. The molecule has 5 nitrogen and oxygen atoms in total. The number of carbonyl (C=O) groups excluding carboxylic acids is 1. The van der Waals surface area contributed by atoms with E-state index in [4.69, 9.17) is 16.3 Å². The van der Waals surface area contributed by atoms with E-state index in [2.05, 4.69) is 5.32 Å². The quantitative estimate of drug-likeness (QED) is 0.718. The topological polar surface area (TPSA) is 78.8 Å². The second-order valence-electron chi connectivity index (χ2n) is 5.71. The van der Waals surface area contributed by atoms with Crippen LogP contribution in [0.15, 0.2) is 48.5 Å². The Bertz CT molecular complexity index is 723. The van der Waals surface area contributed by atoms with Crippen LogP contribution in [0, 0.1) is 0 Å². The number of halogens is 1. The highest BCUT2D eigenvalue weighted by molar-refractivity contribution is 8.01. The molecule has 1 heterocycles.